The number of anilines is 3. The second-order valence-corrected chi connectivity index (χ2v) is 9.16. The SMILES string of the molecule is C[C@H]1CN(C2COC2)CCN1c1ccc(Nc2cc(-c3cc(F)ccc3C=O)cn(C)c2=O)nc1. The number of piperazine rings is 1. The lowest BCUT2D eigenvalue weighted by Gasteiger charge is -2.46. The van der Waals surface area contributed by atoms with E-state index in [2.05, 4.69) is 27.0 Å². The van der Waals surface area contributed by atoms with Gasteiger partial charge in [-0.05, 0) is 48.9 Å². The standard InChI is InChI=1S/C26H28FN5O3/c1-17-12-31(22-15-35-16-22)7-8-32(17)21-5-6-25(28-11-21)29-24-9-19(13-30(2)26(24)34)23-10-20(27)4-3-18(23)14-33/h3-6,9-11,13-14,17,22H,7-8,12,15-16H2,1-2H3,(H,28,29)/t17-/m0/s1. The summed E-state index contributed by atoms with van der Waals surface area (Å²) in [7, 11) is 1.62. The van der Waals surface area contributed by atoms with Crippen LogP contribution in [0.5, 0.6) is 0 Å². The summed E-state index contributed by atoms with van der Waals surface area (Å²) in [6.07, 6.45) is 4.07. The normalized spacial score (nSPS) is 18.8. The van der Waals surface area contributed by atoms with Crippen molar-refractivity contribution in [2.24, 2.45) is 7.05 Å². The largest absolute Gasteiger partial charge is 0.378 e. The van der Waals surface area contributed by atoms with E-state index in [1.165, 1.54) is 22.8 Å². The maximum atomic E-state index is 13.9. The Morgan fingerprint density at radius 1 is 1.17 bits per heavy atom. The second-order valence-electron chi connectivity index (χ2n) is 9.16. The Morgan fingerprint density at radius 2 is 2.00 bits per heavy atom. The minimum absolute atomic E-state index is 0.256. The number of aromatic nitrogens is 2. The predicted molar refractivity (Wildman–Crippen MR) is 133 cm³/mol. The maximum absolute atomic E-state index is 13.9. The number of hydrogen-bond donors (Lipinski definition) is 1. The van der Waals surface area contributed by atoms with Crippen LogP contribution >= 0.6 is 0 Å². The zero-order valence-corrected chi connectivity index (χ0v) is 19.8. The smallest absolute Gasteiger partial charge is 0.274 e. The summed E-state index contributed by atoms with van der Waals surface area (Å²) in [6, 6.07) is 10.3. The van der Waals surface area contributed by atoms with E-state index < -0.39 is 5.82 Å². The van der Waals surface area contributed by atoms with E-state index in [-0.39, 0.29) is 11.2 Å². The van der Waals surface area contributed by atoms with Crippen LogP contribution < -0.4 is 15.8 Å². The van der Waals surface area contributed by atoms with Crippen molar-refractivity contribution in [3.05, 3.63) is 70.5 Å². The number of halogens is 1. The zero-order valence-electron chi connectivity index (χ0n) is 19.8. The molecule has 1 N–H and O–H groups in total. The molecule has 35 heavy (non-hydrogen) atoms. The molecule has 182 valence electrons. The van der Waals surface area contributed by atoms with Crippen molar-refractivity contribution in [1.82, 2.24) is 14.5 Å². The summed E-state index contributed by atoms with van der Waals surface area (Å²) in [6.45, 7) is 6.76. The molecule has 8 nitrogen and oxygen atoms in total. The van der Waals surface area contributed by atoms with Gasteiger partial charge in [-0.3, -0.25) is 14.5 Å². The molecule has 0 saturated carbocycles. The number of rotatable bonds is 6. The summed E-state index contributed by atoms with van der Waals surface area (Å²) in [5.41, 5.74) is 2.38. The number of ether oxygens (including phenoxy) is 1. The third kappa shape index (κ3) is 4.69. The van der Waals surface area contributed by atoms with Crippen LogP contribution in [0.3, 0.4) is 0 Å². The Hall–Kier alpha value is -3.56. The topological polar surface area (TPSA) is 79.7 Å². The van der Waals surface area contributed by atoms with Crippen molar-refractivity contribution in [1.29, 1.82) is 0 Å². The number of pyridine rings is 2. The third-order valence-electron chi connectivity index (χ3n) is 6.77. The molecule has 0 spiro atoms. The van der Waals surface area contributed by atoms with Gasteiger partial charge in [-0.25, -0.2) is 9.37 Å². The molecule has 9 heteroatoms. The average molecular weight is 478 g/mol. The molecule has 2 saturated heterocycles. The van der Waals surface area contributed by atoms with E-state index in [9.17, 15) is 14.0 Å². The molecule has 0 aliphatic carbocycles. The molecule has 0 unspecified atom stereocenters. The quantitative estimate of drug-likeness (QED) is 0.547. The molecular weight excluding hydrogens is 449 g/mol. The molecule has 0 radical (unpaired) electrons. The van der Waals surface area contributed by atoms with E-state index in [0.717, 1.165) is 38.5 Å². The van der Waals surface area contributed by atoms with Crippen LogP contribution in [-0.4, -0.2) is 65.7 Å². The van der Waals surface area contributed by atoms with Gasteiger partial charge < -0.3 is 19.5 Å². The first-order valence-corrected chi connectivity index (χ1v) is 11.7. The molecule has 2 aromatic heterocycles. The zero-order chi connectivity index (χ0) is 24.5. The molecule has 1 aromatic carbocycles. The highest BCUT2D eigenvalue weighted by Crippen LogP contribution is 2.27. The number of benzene rings is 1. The summed E-state index contributed by atoms with van der Waals surface area (Å²) < 4.78 is 20.6. The van der Waals surface area contributed by atoms with Crippen LogP contribution in [0.15, 0.2) is 53.6 Å². The van der Waals surface area contributed by atoms with Crippen molar-refractivity contribution in [3.8, 4) is 11.1 Å². The van der Waals surface area contributed by atoms with Crippen LogP contribution in [0.25, 0.3) is 11.1 Å². The van der Waals surface area contributed by atoms with Crippen LogP contribution in [0, 0.1) is 5.82 Å². The van der Waals surface area contributed by atoms with Crippen molar-refractivity contribution in [2.75, 3.05) is 43.1 Å². The lowest BCUT2D eigenvalue weighted by Crippen LogP contribution is -2.59. The van der Waals surface area contributed by atoms with Gasteiger partial charge in [0.05, 0.1) is 31.1 Å². The Bertz CT molecular complexity index is 1290. The number of nitrogens with zero attached hydrogens (tertiary/aromatic N) is 4. The first-order valence-electron chi connectivity index (χ1n) is 11.7. The predicted octanol–water partition coefficient (Wildman–Crippen LogP) is 3.05. The molecule has 3 aromatic rings. The lowest BCUT2D eigenvalue weighted by atomic mass is 10.0. The first-order chi connectivity index (χ1) is 16.9. The Morgan fingerprint density at radius 3 is 2.66 bits per heavy atom. The van der Waals surface area contributed by atoms with Gasteiger partial charge in [0.25, 0.3) is 5.56 Å². The number of carbonyl (C=O) groups is 1. The highest BCUT2D eigenvalue weighted by molar-refractivity contribution is 5.88. The monoisotopic (exact) mass is 477 g/mol. The summed E-state index contributed by atoms with van der Waals surface area (Å²) in [5.74, 6) is 0.0676. The fourth-order valence-corrected chi connectivity index (χ4v) is 4.73. The lowest BCUT2D eigenvalue weighted by molar-refractivity contribution is -0.0691. The van der Waals surface area contributed by atoms with E-state index in [1.54, 1.807) is 19.3 Å². The number of nitrogens with one attached hydrogen (secondary N) is 1. The molecule has 2 aliphatic rings. The van der Waals surface area contributed by atoms with Crippen LogP contribution in [-0.2, 0) is 11.8 Å². The Balaban J connectivity index is 1.35. The summed E-state index contributed by atoms with van der Waals surface area (Å²) in [4.78, 5) is 33.6. The summed E-state index contributed by atoms with van der Waals surface area (Å²) >= 11 is 0. The van der Waals surface area contributed by atoms with E-state index in [4.69, 9.17) is 4.74 Å². The van der Waals surface area contributed by atoms with Gasteiger partial charge in [-0.1, -0.05) is 0 Å². The molecular formula is C26H28FN5O3. The van der Waals surface area contributed by atoms with Crippen LogP contribution in [0.2, 0.25) is 0 Å². The first kappa shape index (κ1) is 23.2. The fourth-order valence-electron chi connectivity index (χ4n) is 4.73. The van der Waals surface area contributed by atoms with Gasteiger partial charge in [0.15, 0.2) is 6.29 Å². The Kier molecular flexibility index (Phi) is 6.36. The van der Waals surface area contributed by atoms with Crippen LogP contribution in [0.4, 0.5) is 21.6 Å². The van der Waals surface area contributed by atoms with Gasteiger partial charge in [-0.15, -0.1) is 0 Å². The highest BCUT2D eigenvalue weighted by atomic mass is 19.1. The highest BCUT2D eigenvalue weighted by Gasteiger charge is 2.32. The number of aryl methyl sites for hydroxylation is 1. The van der Waals surface area contributed by atoms with E-state index in [0.29, 0.717) is 40.9 Å². The Labute approximate surface area is 203 Å². The molecule has 4 heterocycles. The molecule has 0 bridgehead atoms. The van der Waals surface area contributed by atoms with Gasteiger partial charge in [-0.2, -0.15) is 0 Å². The minimum atomic E-state index is -0.456. The fraction of sp³-hybridized carbons (Fsp3) is 0.346. The maximum Gasteiger partial charge on any atom is 0.274 e. The number of hydrogen-bond acceptors (Lipinski definition) is 7. The van der Waals surface area contributed by atoms with E-state index in [1.807, 2.05) is 18.3 Å². The average Bonchev–Trinajstić information content (AvgIpc) is 2.81. The van der Waals surface area contributed by atoms with Gasteiger partial charge in [0.1, 0.15) is 17.3 Å². The molecule has 2 aliphatic heterocycles. The summed E-state index contributed by atoms with van der Waals surface area (Å²) in [5, 5.41) is 3.09. The van der Waals surface area contributed by atoms with Gasteiger partial charge in [0, 0.05) is 50.0 Å². The number of carbonyl (C=O) groups excluding carboxylic acids is 1. The van der Waals surface area contributed by atoms with E-state index >= 15 is 0 Å². The van der Waals surface area contributed by atoms with Crippen molar-refractivity contribution in [3.63, 3.8) is 0 Å². The van der Waals surface area contributed by atoms with Crippen molar-refractivity contribution >= 4 is 23.5 Å². The second kappa shape index (κ2) is 9.59. The molecule has 5 rings (SSSR count). The third-order valence-corrected chi connectivity index (χ3v) is 6.77. The van der Waals surface area contributed by atoms with Crippen molar-refractivity contribution < 1.29 is 13.9 Å². The number of aldehydes is 1. The minimum Gasteiger partial charge on any atom is -0.378 e. The van der Waals surface area contributed by atoms with Crippen molar-refractivity contribution in [2.45, 2.75) is 19.0 Å². The van der Waals surface area contributed by atoms with Gasteiger partial charge >= 0.3 is 0 Å². The molecule has 0 amide bonds. The molecule has 1 atom stereocenters. The molecule has 2 fully saturated rings. The van der Waals surface area contributed by atoms with Crippen LogP contribution in [0.1, 0.15) is 17.3 Å². The van der Waals surface area contributed by atoms with Gasteiger partial charge in [0.2, 0.25) is 0 Å².